The molecular formula is C17H28ClN3O4S. The monoisotopic (exact) mass is 405 g/mol. The number of amides is 1. The fourth-order valence-electron chi connectivity index (χ4n) is 2.53. The Balaban J connectivity index is 0.00000338. The van der Waals surface area contributed by atoms with Crippen molar-refractivity contribution in [2.75, 3.05) is 13.2 Å². The Morgan fingerprint density at radius 1 is 1.35 bits per heavy atom. The number of ether oxygens (including phenoxy) is 1. The first-order chi connectivity index (χ1) is 11.9. The van der Waals surface area contributed by atoms with Gasteiger partial charge in [0.25, 0.3) is 0 Å². The molecule has 0 aliphatic carbocycles. The number of benzene rings is 1. The van der Waals surface area contributed by atoms with E-state index in [1.807, 2.05) is 6.92 Å². The maximum Gasteiger partial charge on any atom is 0.240 e. The molecule has 7 nitrogen and oxygen atoms in total. The van der Waals surface area contributed by atoms with Crippen LogP contribution in [0.25, 0.3) is 0 Å². The molecule has 0 spiro atoms. The summed E-state index contributed by atoms with van der Waals surface area (Å²) in [5.74, 6) is -0.0628. The Morgan fingerprint density at radius 2 is 2.04 bits per heavy atom. The van der Waals surface area contributed by atoms with Crippen LogP contribution in [0.3, 0.4) is 0 Å². The maximum atomic E-state index is 12.3. The molecule has 0 radical (unpaired) electrons. The molecule has 148 valence electrons. The highest BCUT2D eigenvalue weighted by Gasteiger charge is 2.20. The lowest BCUT2D eigenvalue weighted by Gasteiger charge is -2.12. The smallest absolute Gasteiger partial charge is 0.240 e. The largest absolute Gasteiger partial charge is 0.377 e. The van der Waals surface area contributed by atoms with Gasteiger partial charge in [0, 0.05) is 32.2 Å². The summed E-state index contributed by atoms with van der Waals surface area (Å²) < 4.78 is 32.5. The van der Waals surface area contributed by atoms with Gasteiger partial charge < -0.3 is 15.8 Å². The molecule has 0 bridgehead atoms. The molecule has 1 heterocycles. The minimum absolute atomic E-state index is 0. The van der Waals surface area contributed by atoms with Crippen molar-refractivity contribution in [2.24, 2.45) is 5.73 Å². The SMILES string of the molecule is CC(N)CCC(=O)NCc1ccc(S(=O)(=O)NCC2CCCO2)cc1.Cl. The minimum atomic E-state index is -3.55. The lowest BCUT2D eigenvalue weighted by Crippen LogP contribution is -2.31. The van der Waals surface area contributed by atoms with Gasteiger partial charge in [0.05, 0.1) is 11.0 Å². The van der Waals surface area contributed by atoms with Gasteiger partial charge in [0.2, 0.25) is 15.9 Å². The summed E-state index contributed by atoms with van der Waals surface area (Å²) in [4.78, 5) is 11.9. The van der Waals surface area contributed by atoms with Gasteiger partial charge in [-0.05, 0) is 43.9 Å². The summed E-state index contributed by atoms with van der Waals surface area (Å²) in [5.41, 5.74) is 6.46. The van der Waals surface area contributed by atoms with E-state index in [2.05, 4.69) is 10.0 Å². The first-order valence-electron chi connectivity index (χ1n) is 8.59. The molecule has 9 heteroatoms. The zero-order valence-electron chi connectivity index (χ0n) is 14.9. The summed E-state index contributed by atoms with van der Waals surface area (Å²) in [6, 6.07) is 6.49. The Hall–Kier alpha value is -1.19. The van der Waals surface area contributed by atoms with Crippen molar-refractivity contribution in [1.82, 2.24) is 10.0 Å². The molecule has 1 aliphatic heterocycles. The van der Waals surface area contributed by atoms with Crippen LogP contribution in [0.1, 0.15) is 38.2 Å². The zero-order valence-corrected chi connectivity index (χ0v) is 16.6. The second kappa shape index (κ2) is 10.8. The molecule has 1 aliphatic rings. The molecular weight excluding hydrogens is 378 g/mol. The number of hydrogen-bond acceptors (Lipinski definition) is 5. The first-order valence-corrected chi connectivity index (χ1v) is 10.1. The Morgan fingerprint density at radius 3 is 2.62 bits per heavy atom. The Kier molecular flexibility index (Phi) is 9.52. The van der Waals surface area contributed by atoms with Gasteiger partial charge in [-0.2, -0.15) is 0 Å². The molecule has 2 rings (SSSR count). The minimum Gasteiger partial charge on any atom is -0.377 e. The summed E-state index contributed by atoms with van der Waals surface area (Å²) >= 11 is 0. The van der Waals surface area contributed by atoms with Crippen molar-refractivity contribution in [3.63, 3.8) is 0 Å². The van der Waals surface area contributed by atoms with Crippen LogP contribution in [0.15, 0.2) is 29.2 Å². The van der Waals surface area contributed by atoms with Crippen LogP contribution >= 0.6 is 12.4 Å². The van der Waals surface area contributed by atoms with E-state index < -0.39 is 10.0 Å². The predicted octanol–water partition coefficient (Wildman–Crippen LogP) is 1.31. The highest BCUT2D eigenvalue weighted by atomic mass is 35.5. The standard InChI is InChI=1S/C17H27N3O4S.ClH/c1-13(18)4-9-17(21)19-11-14-5-7-16(8-6-14)25(22,23)20-12-15-3-2-10-24-15;/h5-8,13,15,20H,2-4,9-12,18H2,1H3,(H,19,21);1H. The molecule has 0 aromatic heterocycles. The summed E-state index contributed by atoms with van der Waals surface area (Å²) in [5, 5.41) is 2.80. The fraction of sp³-hybridized carbons (Fsp3) is 0.588. The third kappa shape index (κ3) is 7.59. The Labute approximate surface area is 161 Å². The average Bonchev–Trinajstić information content (AvgIpc) is 3.10. The van der Waals surface area contributed by atoms with Crippen LogP contribution in [-0.4, -0.2) is 39.6 Å². The molecule has 4 N–H and O–H groups in total. The molecule has 1 amide bonds. The summed E-state index contributed by atoms with van der Waals surface area (Å²) in [6.07, 6.45) is 2.83. The highest BCUT2D eigenvalue weighted by molar-refractivity contribution is 7.89. The van der Waals surface area contributed by atoms with E-state index in [4.69, 9.17) is 10.5 Å². The molecule has 1 aromatic rings. The normalized spacial score (nSPS) is 18.2. The number of rotatable bonds is 9. The van der Waals surface area contributed by atoms with Crippen molar-refractivity contribution in [1.29, 1.82) is 0 Å². The summed E-state index contributed by atoms with van der Waals surface area (Å²) in [7, 11) is -3.55. The zero-order chi connectivity index (χ0) is 18.3. The lowest BCUT2D eigenvalue weighted by molar-refractivity contribution is -0.121. The molecule has 2 unspecified atom stereocenters. The Bertz CT molecular complexity index is 659. The van der Waals surface area contributed by atoms with Crippen molar-refractivity contribution in [3.05, 3.63) is 29.8 Å². The third-order valence-corrected chi connectivity index (χ3v) is 5.51. The van der Waals surface area contributed by atoms with Crippen LogP contribution in [0.5, 0.6) is 0 Å². The van der Waals surface area contributed by atoms with Gasteiger partial charge in [-0.25, -0.2) is 13.1 Å². The van der Waals surface area contributed by atoms with Crippen molar-refractivity contribution in [2.45, 2.75) is 56.2 Å². The van der Waals surface area contributed by atoms with Crippen LogP contribution < -0.4 is 15.8 Å². The molecule has 1 saturated heterocycles. The van der Waals surface area contributed by atoms with Gasteiger partial charge >= 0.3 is 0 Å². The van der Waals surface area contributed by atoms with Crippen LogP contribution in [0.4, 0.5) is 0 Å². The predicted molar refractivity (Wildman–Crippen MR) is 103 cm³/mol. The van der Waals surface area contributed by atoms with Gasteiger partial charge in [0.15, 0.2) is 0 Å². The molecule has 2 atom stereocenters. The number of carbonyl (C=O) groups excluding carboxylic acids is 1. The van der Waals surface area contributed by atoms with E-state index in [1.54, 1.807) is 24.3 Å². The van der Waals surface area contributed by atoms with Gasteiger partial charge in [0.1, 0.15) is 0 Å². The van der Waals surface area contributed by atoms with E-state index in [1.165, 1.54) is 0 Å². The lowest BCUT2D eigenvalue weighted by atomic mass is 10.2. The molecule has 0 saturated carbocycles. The number of carbonyl (C=O) groups is 1. The summed E-state index contributed by atoms with van der Waals surface area (Å²) in [6.45, 7) is 3.21. The van der Waals surface area contributed by atoms with Gasteiger partial charge in [-0.1, -0.05) is 12.1 Å². The number of hydrogen-bond donors (Lipinski definition) is 3. The molecule has 1 aromatic carbocycles. The molecule has 26 heavy (non-hydrogen) atoms. The number of sulfonamides is 1. The molecule has 1 fully saturated rings. The van der Waals surface area contributed by atoms with Crippen molar-refractivity contribution < 1.29 is 17.9 Å². The van der Waals surface area contributed by atoms with Crippen LogP contribution in [0.2, 0.25) is 0 Å². The van der Waals surface area contributed by atoms with Crippen LogP contribution in [-0.2, 0) is 26.1 Å². The second-order valence-corrected chi connectivity index (χ2v) is 8.19. The quantitative estimate of drug-likeness (QED) is 0.573. The fourth-order valence-corrected chi connectivity index (χ4v) is 3.59. The van der Waals surface area contributed by atoms with Crippen molar-refractivity contribution >= 4 is 28.3 Å². The number of halogens is 1. The maximum absolute atomic E-state index is 12.3. The highest BCUT2D eigenvalue weighted by Crippen LogP contribution is 2.14. The topological polar surface area (TPSA) is 111 Å². The van der Waals surface area contributed by atoms with E-state index in [9.17, 15) is 13.2 Å². The van der Waals surface area contributed by atoms with E-state index in [0.717, 1.165) is 18.4 Å². The second-order valence-electron chi connectivity index (χ2n) is 6.42. The van der Waals surface area contributed by atoms with E-state index in [0.29, 0.717) is 32.5 Å². The van der Waals surface area contributed by atoms with E-state index in [-0.39, 0.29) is 35.4 Å². The number of nitrogens with two attached hydrogens (primary N) is 1. The van der Waals surface area contributed by atoms with Gasteiger partial charge in [-0.15, -0.1) is 12.4 Å². The van der Waals surface area contributed by atoms with Crippen molar-refractivity contribution in [3.8, 4) is 0 Å². The third-order valence-electron chi connectivity index (χ3n) is 4.08. The first kappa shape index (κ1) is 22.9. The van der Waals surface area contributed by atoms with Gasteiger partial charge in [-0.3, -0.25) is 4.79 Å². The number of nitrogens with one attached hydrogen (secondary N) is 2. The average molecular weight is 406 g/mol. The van der Waals surface area contributed by atoms with E-state index >= 15 is 0 Å². The van der Waals surface area contributed by atoms with Crippen LogP contribution in [0, 0.1) is 0 Å².